The van der Waals surface area contributed by atoms with Crippen LogP contribution in [0.15, 0.2) is 0 Å². The Balaban J connectivity index is 2.02. The quantitative estimate of drug-likeness (QED) is 0.602. The minimum atomic E-state index is -1.03. The molecule has 1 saturated heterocycles. The molecule has 1 spiro atoms. The van der Waals surface area contributed by atoms with Crippen LogP contribution in [0.1, 0.15) is 65.7 Å². The van der Waals surface area contributed by atoms with Gasteiger partial charge in [0.2, 0.25) is 0 Å². The second-order valence-corrected chi connectivity index (χ2v) is 9.57. The van der Waals surface area contributed by atoms with E-state index in [1.165, 1.54) is 0 Å². The predicted octanol–water partition coefficient (Wildman–Crippen LogP) is 1.95. The minimum Gasteiger partial charge on any atom is -0.481 e. The van der Waals surface area contributed by atoms with Gasteiger partial charge in [-0.05, 0) is 50.4 Å². The summed E-state index contributed by atoms with van der Waals surface area (Å²) in [5.41, 5.74) is -2.40. The molecule has 1 aliphatic heterocycles. The molecule has 4 N–H and O–H groups in total. The first-order valence-electron chi connectivity index (χ1n) is 9.91. The van der Waals surface area contributed by atoms with Gasteiger partial charge >= 0.3 is 5.97 Å². The molecule has 6 heteroatoms. The van der Waals surface area contributed by atoms with Gasteiger partial charge < -0.3 is 25.2 Å². The zero-order valence-corrected chi connectivity index (χ0v) is 16.2. The lowest BCUT2D eigenvalue weighted by Gasteiger charge is -2.65. The molecule has 2 unspecified atom stereocenters. The summed E-state index contributed by atoms with van der Waals surface area (Å²) in [6.45, 7) is 5.96. The lowest BCUT2D eigenvalue weighted by molar-refractivity contribution is -0.271. The summed E-state index contributed by atoms with van der Waals surface area (Å²) in [4.78, 5) is 11.4. The number of aliphatic hydroxyl groups excluding tert-OH is 3. The third kappa shape index (κ3) is 2.56. The molecular weight excluding hydrogens is 336 g/mol. The van der Waals surface area contributed by atoms with E-state index in [0.29, 0.717) is 19.3 Å². The molecule has 0 aromatic carbocycles. The van der Waals surface area contributed by atoms with Crippen LogP contribution in [-0.2, 0) is 9.53 Å². The van der Waals surface area contributed by atoms with Crippen LogP contribution in [0, 0.1) is 22.7 Å². The number of ether oxygens (including phenoxy) is 1. The van der Waals surface area contributed by atoms with Crippen molar-refractivity contribution in [2.75, 3.05) is 13.2 Å². The number of aliphatic carboxylic acids is 1. The van der Waals surface area contributed by atoms with Gasteiger partial charge in [-0.3, -0.25) is 4.79 Å². The van der Waals surface area contributed by atoms with E-state index in [4.69, 9.17) is 4.74 Å². The second kappa shape index (κ2) is 6.43. The van der Waals surface area contributed by atoms with Crippen molar-refractivity contribution in [3.05, 3.63) is 0 Å². The van der Waals surface area contributed by atoms with Crippen LogP contribution in [-0.4, -0.2) is 56.9 Å². The van der Waals surface area contributed by atoms with Crippen LogP contribution < -0.4 is 0 Å². The molecule has 150 valence electrons. The third-order valence-electron chi connectivity index (χ3n) is 8.37. The smallest absolute Gasteiger partial charge is 0.306 e. The fraction of sp³-hybridized carbons (Fsp3) is 0.950. The first kappa shape index (κ1) is 20.1. The third-order valence-corrected chi connectivity index (χ3v) is 8.37. The van der Waals surface area contributed by atoms with Gasteiger partial charge in [0.25, 0.3) is 0 Å². The van der Waals surface area contributed by atoms with Crippen molar-refractivity contribution < 1.29 is 30.0 Å². The van der Waals surface area contributed by atoms with Crippen molar-refractivity contribution in [1.82, 2.24) is 0 Å². The van der Waals surface area contributed by atoms with Gasteiger partial charge in [0.1, 0.15) is 5.60 Å². The molecule has 7 atom stereocenters. The number of carboxylic acid groups (broad SMARTS) is 1. The van der Waals surface area contributed by atoms with Crippen LogP contribution in [0.3, 0.4) is 0 Å². The highest BCUT2D eigenvalue weighted by Crippen LogP contribution is 2.67. The molecule has 0 amide bonds. The van der Waals surface area contributed by atoms with E-state index >= 15 is 0 Å². The Morgan fingerprint density at radius 1 is 1.08 bits per heavy atom. The Hall–Kier alpha value is -0.690. The van der Waals surface area contributed by atoms with E-state index in [9.17, 15) is 25.2 Å². The number of rotatable bonds is 4. The highest BCUT2D eigenvalue weighted by molar-refractivity contribution is 5.68. The van der Waals surface area contributed by atoms with E-state index in [2.05, 4.69) is 13.8 Å². The van der Waals surface area contributed by atoms with Gasteiger partial charge in [-0.1, -0.05) is 20.8 Å². The molecule has 3 aliphatic rings. The fourth-order valence-corrected chi connectivity index (χ4v) is 6.70. The molecule has 0 radical (unpaired) electrons. The van der Waals surface area contributed by atoms with Crippen molar-refractivity contribution >= 4 is 5.97 Å². The van der Waals surface area contributed by atoms with Crippen LogP contribution in [0.5, 0.6) is 0 Å². The maximum atomic E-state index is 11.4. The van der Waals surface area contributed by atoms with Gasteiger partial charge in [-0.2, -0.15) is 0 Å². The molecule has 6 nitrogen and oxygen atoms in total. The van der Waals surface area contributed by atoms with E-state index in [0.717, 1.165) is 19.3 Å². The summed E-state index contributed by atoms with van der Waals surface area (Å²) in [6.07, 6.45) is 3.73. The molecule has 3 fully saturated rings. The molecule has 0 aromatic rings. The summed E-state index contributed by atoms with van der Waals surface area (Å²) < 4.78 is 6.60. The number of carbonyl (C=O) groups is 1. The first-order valence-corrected chi connectivity index (χ1v) is 9.91. The largest absolute Gasteiger partial charge is 0.481 e. The monoisotopic (exact) mass is 370 g/mol. The Kier molecular flexibility index (Phi) is 4.96. The summed E-state index contributed by atoms with van der Waals surface area (Å²) in [6, 6.07) is 0. The number of hydrogen-bond donors (Lipinski definition) is 4. The van der Waals surface area contributed by atoms with Gasteiger partial charge in [-0.15, -0.1) is 0 Å². The van der Waals surface area contributed by atoms with E-state index < -0.39 is 28.7 Å². The Bertz CT molecular complexity index is 567. The molecule has 0 aromatic heterocycles. The van der Waals surface area contributed by atoms with E-state index in [1.807, 2.05) is 6.92 Å². The Labute approximate surface area is 155 Å². The van der Waals surface area contributed by atoms with Gasteiger partial charge in [-0.25, -0.2) is 0 Å². The Morgan fingerprint density at radius 3 is 2.35 bits per heavy atom. The van der Waals surface area contributed by atoms with E-state index in [-0.39, 0.29) is 36.9 Å². The number of carboxylic acids is 1. The minimum absolute atomic E-state index is 0.0703. The van der Waals surface area contributed by atoms with Crippen molar-refractivity contribution in [1.29, 1.82) is 0 Å². The maximum absolute atomic E-state index is 11.4. The first-order chi connectivity index (χ1) is 12.1. The predicted molar refractivity (Wildman–Crippen MR) is 95.5 cm³/mol. The summed E-state index contributed by atoms with van der Waals surface area (Å²) in [7, 11) is 0. The maximum Gasteiger partial charge on any atom is 0.306 e. The second-order valence-electron chi connectivity index (χ2n) is 9.57. The van der Waals surface area contributed by atoms with Gasteiger partial charge in [0.05, 0.1) is 31.3 Å². The number of fused-ring (bicyclic) bond motifs is 2. The van der Waals surface area contributed by atoms with Crippen molar-refractivity contribution in [3.8, 4) is 0 Å². The zero-order chi connectivity index (χ0) is 19.4. The Morgan fingerprint density at radius 2 is 1.77 bits per heavy atom. The molecule has 26 heavy (non-hydrogen) atoms. The normalized spacial score (nSPS) is 51.4. The van der Waals surface area contributed by atoms with Crippen molar-refractivity contribution in [2.45, 2.75) is 83.0 Å². The van der Waals surface area contributed by atoms with Crippen molar-refractivity contribution in [3.63, 3.8) is 0 Å². The van der Waals surface area contributed by atoms with Gasteiger partial charge in [0.15, 0.2) is 0 Å². The summed E-state index contributed by atoms with van der Waals surface area (Å²) in [5, 5.41) is 40.0. The zero-order valence-electron chi connectivity index (χ0n) is 16.2. The molecule has 0 bridgehead atoms. The summed E-state index contributed by atoms with van der Waals surface area (Å²) in [5.74, 6) is -0.621. The average molecular weight is 370 g/mol. The molecule has 2 aliphatic carbocycles. The molecular formula is C20H34O6. The van der Waals surface area contributed by atoms with Crippen LogP contribution in [0.2, 0.25) is 0 Å². The van der Waals surface area contributed by atoms with Crippen molar-refractivity contribution in [2.24, 2.45) is 22.7 Å². The molecule has 3 rings (SSSR count). The molecule has 1 heterocycles. The highest BCUT2D eigenvalue weighted by Gasteiger charge is 2.68. The van der Waals surface area contributed by atoms with Crippen LogP contribution in [0.4, 0.5) is 0 Å². The fourth-order valence-electron chi connectivity index (χ4n) is 6.70. The lowest BCUT2D eigenvalue weighted by Crippen LogP contribution is -2.66. The highest BCUT2D eigenvalue weighted by atomic mass is 16.5. The number of hydrogen-bond acceptors (Lipinski definition) is 5. The van der Waals surface area contributed by atoms with Gasteiger partial charge in [0, 0.05) is 10.8 Å². The number of aliphatic hydroxyl groups is 3. The van der Waals surface area contributed by atoms with E-state index in [1.54, 1.807) is 0 Å². The average Bonchev–Trinajstić information content (AvgIpc) is 2.98. The van der Waals surface area contributed by atoms with Crippen LogP contribution in [0.25, 0.3) is 0 Å². The standard InChI is InChI=1S/C20H34O6/c1-13-4-5-14-17(2,11-21)15(23)6-7-18(14,3)20(13)9-8-19(12-22,26-20)10-16(24)25/h13-15,21-23H,4-12H2,1-3H3,(H,24,25)/t13-,14-,15?,17?,18-,19+,20+/m0/s1. The van der Waals surface area contributed by atoms with Crippen LogP contribution >= 0.6 is 0 Å². The topological polar surface area (TPSA) is 107 Å². The SMILES string of the molecule is C[C@H]1CC[C@H]2C(C)(CO)C(O)CC[C@]2(C)[C@@]12CC[C@](CO)(CC(=O)O)O2. The molecule has 2 saturated carbocycles. The lowest BCUT2D eigenvalue weighted by atomic mass is 9.43. The summed E-state index contributed by atoms with van der Waals surface area (Å²) >= 11 is 0.